The lowest BCUT2D eigenvalue weighted by atomic mass is 10.1. The van der Waals surface area contributed by atoms with E-state index in [9.17, 15) is 14.9 Å². The highest BCUT2D eigenvalue weighted by atomic mass is 16.5. The molecular weight excluding hydrogens is 294 g/mol. The molecule has 0 aliphatic carbocycles. The van der Waals surface area contributed by atoms with Crippen LogP contribution in [0.3, 0.4) is 0 Å². The first-order chi connectivity index (χ1) is 11.1. The van der Waals surface area contributed by atoms with Crippen molar-refractivity contribution in [3.63, 3.8) is 0 Å². The molecule has 0 bridgehead atoms. The van der Waals surface area contributed by atoms with Crippen LogP contribution in [0.4, 0.5) is 11.4 Å². The lowest BCUT2D eigenvalue weighted by Crippen LogP contribution is -2.26. The number of hydrogen-bond donors (Lipinski definition) is 0. The molecule has 1 atom stereocenters. The number of rotatable bonds is 3. The predicted octanol–water partition coefficient (Wildman–Crippen LogP) is 1.68. The molecule has 1 aromatic rings. The molecule has 0 radical (unpaired) electrons. The molecule has 2 fully saturated rings. The topological polar surface area (TPSA) is 73.6 Å². The summed E-state index contributed by atoms with van der Waals surface area (Å²) in [7, 11) is 1.33. The second-order valence-corrected chi connectivity index (χ2v) is 5.94. The van der Waals surface area contributed by atoms with Crippen molar-refractivity contribution >= 4 is 23.3 Å². The van der Waals surface area contributed by atoms with Crippen LogP contribution in [0.25, 0.3) is 0 Å². The van der Waals surface area contributed by atoms with Crippen LogP contribution in [0.15, 0.2) is 18.2 Å². The number of methoxy groups -OCH3 is 1. The van der Waals surface area contributed by atoms with Crippen molar-refractivity contribution in [3.05, 3.63) is 23.8 Å². The van der Waals surface area contributed by atoms with E-state index in [1.165, 1.54) is 7.11 Å². The van der Waals surface area contributed by atoms with Gasteiger partial charge in [-0.05, 0) is 31.0 Å². The van der Waals surface area contributed by atoms with Crippen LogP contribution in [-0.2, 0) is 14.3 Å². The first kappa shape index (κ1) is 15.3. The summed E-state index contributed by atoms with van der Waals surface area (Å²) in [6.07, 6.45) is 2.43. The summed E-state index contributed by atoms with van der Waals surface area (Å²) in [5.41, 5.74) is 2.16. The van der Waals surface area contributed by atoms with E-state index in [-0.39, 0.29) is 18.3 Å². The van der Waals surface area contributed by atoms with Crippen LogP contribution in [0.5, 0.6) is 0 Å². The highest BCUT2D eigenvalue weighted by Gasteiger charge is 2.36. The third-order valence-electron chi connectivity index (χ3n) is 4.52. The van der Waals surface area contributed by atoms with Crippen LogP contribution >= 0.6 is 0 Å². The van der Waals surface area contributed by atoms with Gasteiger partial charge in [-0.25, -0.2) is 0 Å². The minimum Gasteiger partial charge on any atom is -0.469 e. The van der Waals surface area contributed by atoms with E-state index in [1.807, 2.05) is 12.1 Å². The molecule has 1 aromatic carbocycles. The van der Waals surface area contributed by atoms with Gasteiger partial charge in [0.25, 0.3) is 0 Å². The van der Waals surface area contributed by atoms with E-state index in [1.54, 1.807) is 11.0 Å². The average Bonchev–Trinajstić information content (AvgIpc) is 3.23. The van der Waals surface area contributed by atoms with Crippen molar-refractivity contribution in [2.45, 2.75) is 19.3 Å². The summed E-state index contributed by atoms with van der Waals surface area (Å²) in [4.78, 5) is 27.6. The van der Waals surface area contributed by atoms with Gasteiger partial charge in [-0.15, -0.1) is 0 Å². The maximum Gasteiger partial charge on any atom is 0.311 e. The number of carbonyl (C=O) groups is 2. The van der Waals surface area contributed by atoms with Gasteiger partial charge >= 0.3 is 5.97 Å². The molecular formula is C17H19N3O3. The van der Waals surface area contributed by atoms with E-state index >= 15 is 0 Å². The Hall–Kier alpha value is -2.55. The molecule has 23 heavy (non-hydrogen) atoms. The zero-order valence-corrected chi connectivity index (χ0v) is 13.1. The van der Waals surface area contributed by atoms with E-state index in [0.29, 0.717) is 17.8 Å². The highest BCUT2D eigenvalue weighted by Crippen LogP contribution is 2.31. The van der Waals surface area contributed by atoms with E-state index in [0.717, 1.165) is 31.6 Å². The minimum absolute atomic E-state index is 0.113. The van der Waals surface area contributed by atoms with Gasteiger partial charge in [0.1, 0.15) is 6.07 Å². The van der Waals surface area contributed by atoms with Crippen LogP contribution in [0, 0.1) is 17.2 Å². The number of nitrogens with zero attached hydrogens (tertiary/aromatic N) is 3. The Morgan fingerprint density at radius 2 is 2.09 bits per heavy atom. The van der Waals surface area contributed by atoms with Gasteiger partial charge in [0.05, 0.1) is 24.3 Å². The summed E-state index contributed by atoms with van der Waals surface area (Å²) in [6.45, 7) is 2.22. The molecule has 2 saturated heterocycles. The summed E-state index contributed by atoms with van der Waals surface area (Å²) >= 11 is 0. The molecule has 6 heteroatoms. The van der Waals surface area contributed by atoms with Gasteiger partial charge in [0, 0.05) is 31.7 Å². The first-order valence-corrected chi connectivity index (χ1v) is 7.81. The molecule has 1 unspecified atom stereocenters. The Labute approximate surface area is 135 Å². The van der Waals surface area contributed by atoms with Crippen LogP contribution < -0.4 is 9.80 Å². The molecule has 120 valence electrons. The first-order valence-electron chi connectivity index (χ1n) is 7.81. The molecule has 3 rings (SSSR count). The van der Waals surface area contributed by atoms with Crippen LogP contribution in [-0.4, -0.2) is 38.6 Å². The average molecular weight is 313 g/mol. The Morgan fingerprint density at radius 3 is 2.74 bits per heavy atom. The molecule has 2 aliphatic rings. The minimum atomic E-state index is -0.434. The predicted molar refractivity (Wildman–Crippen MR) is 85.1 cm³/mol. The van der Waals surface area contributed by atoms with Gasteiger partial charge in [0.2, 0.25) is 5.91 Å². The van der Waals surface area contributed by atoms with Gasteiger partial charge in [-0.1, -0.05) is 0 Å². The van der Waals surface area contributed by atoms with E-state index in [4.69, 9.17) is 4.74 Å². The number of nitriles is 1. The van der Waals surface area contributed by atoms with Gasteiger partial charge in [-0.3, -0.25) is 9.59 Å². The summed E-state index contributed by atoms with van der Waals surface area (Å²) in [5.74, 6) is -0.912. The number of anilines is 2. The van der Waals surface area contributed by atoms with Crippen molar-refractivity contribution in [1.29, 1.82) is 5.26 Å². The summed E-state index contributed by atoms with van der Waals surface area (Å²) < 4.78 is 4.72. The Morgan fingerprint density at radius 1 is 1.35 bits per heavy atom. The highest BCUT2D eigenvalue weighted by molar-refractivity contribution is 5.99. The summed E-state index contributed by atoms with van der Waals surface area (Å²) in [5, 5.41) is 9.44. The van der Waals surface area contributed by atoms with Gasteiger partial charge < -0.3 is 14.5 Å². The van der Waals surface area contributed by atoms with Crippen molar-refractivity contribution in [2.75, 3.05) is 36.5 Å². The third-order valence-corrected chi connectivity index (χ3v) is 4.52. The lowest BCUT2D eigenvalue weighted by Gasteiger charge is -2.22. The molecule has 0 N–H and O–H groups in total. The van der Waals surface area contributed by atoms with Crippen molar-refractivity contribution in [3.8, 4) is 6.07 Å². The molecule has 0 aromatic heterocycles. The second kappa shape index (κ2) is 6.29. The van der Waals surface area contributed by atoms with Gasteiger partial charge in [-0.2, -0.15) is 5.26 Å². The molecule has 6 nitrogen and oxygen atoms in total. The fraction of sp³-hybridized carbons (Fsp3) is 0.471. The van der Waals surface area contributed by atoms with Crippen molar-refractivity contribution < 1.29 is 14.3 Å². The third kappa shape index (κ3) is 2.87. The normalized spacial score (nSPS) is 20.7. The standard InChI is InChI=1S/C17H19N3O3/c1-23-17(22)13-9-16(21)20(11-13)14-4-5-15(12(8-14)10-18)19-6-2-3-7-19/h4-5,8,13H,2-3,6-7,9,11H2,1H3. The number of ether oxygens (including phenoxy) is 1. The fourth-order valence-corrected chi connectivity index (χ4v) is 3.30. The zero-order chi connectivity index (χ0) is 16.4. The summed E-state index contributed by atoms with van der Waals surface area (Å²) in [6, 6.07) is 7.72. The quantitative estimate of drug-likeness (QED) is 0.794. The number of hydrogen-bond acceptors (Lipinski definition) is 5. The maximum absolute atomic E-state index is 12.2. The number of amides is 1. The Kier molecular flexibility index (Phi) is 4.20. The van der Waals surface area contributed by atoms with E-state index in [2.05, 4.69) is 11.0 Å². The second-order valence-electron chi connectivity index (χ2n) is 5.94. The lowest BCUT2D eigenvalue weighted by molar-refractivity contribution is -0.145. The zero-order valence-electron chi connectivity index (χ0n) is 13.1. The Bertz CT molecular complexity index is 674. The van der Waals surface area contributed by atoms with Crippen molar-refractivity contribution in [1.82, 2.24) is 0 Å². The monoisotopic (exact) mass is 313 g/mol. The number of esters is 1. The smallest absolute Gasteiger partial charge is 0.311 e. The molecule has 2 aliphatic heterocycles. The largest absolute Gasteiger partial charge is 0.469 e. The SMILES string of the molecule is COC(=O)C1CC(=O)N(c2ccc(N3CCCC3)c(C#N)c2)C1. The van der Waals surface area contributed by atoms with Crippen LogP contribution in [0.1, 0.15) is 24.8 Å². The van der Waals surface area contributed by atoms with Gasteiger partial charge in [0.15, 0.2) is 0 Å². The molecule has 1 amide bonds. The Balaban J connectivity index is 1.85. The molecule has 2 heterocycles. The van der Waals surface area contributed by atoms with Crippen molar-refractivity contribution in [2.24, 2.45) is 5.92 Å². The van der Waals surface area contributed by atoms with Crippen LogP contribution in [0.2, 0.25) is 0 Å². The molecule has 0 saturated carbocycles. The number of carbonyl (C=O) groups excluding carboxylic acids is 2. The molecule has 0 spiro atoms. The number of benzene rings is 1. The fourth-order valence-electron chi connectivity index (χ4n) is 3.30. The van der Waals surface area contributed by atoms with E-state index < -0.39 is 5.92 Å². The maximum atomic E-state index is 12.2.